The summed E-state index contributed by atoms with van der Waals surface area (Å²) in [4.78, 5) is 14.8. The molecule has 0 aromatic heterocycles. The summed E-state index contributed by atoms with van der Waals surface area (Å²) >= 11 is 6.02. The Bertz CT molecular complexity index is 460. The minimum absolute atomic E-state index is 0. The van der Waals surface area contributed by atoms with E-state index in [4.69, 9.17) is 16.7 Å². The second-order valence-electron chi connectivity index (χ2n) is 4.96. The van der Waals surface area contributed by atoms with E-state index < -0.39 is 5.97 Å². The second-order valence-corrected chi connectivity index (χ2v) is 5.37. The topological polar surface area (TPSA) is 43.8 Å². The number of carbonyl (C=O) groups is 1. The highest BCUT2D eigenvalue weighted by atomic mass is 35.5. The molecule has 1 heterocycles. The van der Waals surface area contributed by atoms with Crippen molar-refractivity contribution in [1.29, 1.82) is 0 Å². The molecule has 1 saturated heterocycles. The van der Waals surface area contributed by atoms with Crippen molar-refractivity contribution >= 4 is 30.0 Å². The van der Waals surface area contributed by atoms with Crippen molar-refractivity contribution in [2.75, 3.05) is 32.7 Å². The molecule has 1 aliphatic heterocycles. The maximum Gasteiger partial charge on any atom is 0.304 e. The predicted molar refractivity (Wildman–Crippen MR) is 82.6 cm³/mol. The average molecular weight is 337 g/mol. The van der Waals surface area contributed by atoms with Gasteiger partial charge in [0.05, 0.1) is 6.42 Å². The van der Waals surface area contributed by atoms with Crippen molar-refractivity contribution in [3.8, 4) is 0 Å². The van der Waals surface area contributed by atoms with Gasteiger partial charge < -0.3 is 10.0 Å². The van der Waals surface area contributed by atoms with Crippen LogP contribution in [0.1, 0.15) is 12.0 Å². The summed E-state index contributed by atoms with van der Waals surface area (Å²) in [6, 6.07) is 4.72. The van der Waals surface area contributed by atoms with Crippen molar-refractivity contribution in [3.05, 3.63) is 34.6 Å². The van der Waals surface area contributed by atoms with Crippen molar-refractivity contribution in [2.45, 2.75) is 13.0 Å². The smallest absolute Gasteiger partial charge is 0.304 e. The minimum atomic E-state index is -0.773. The highest BCUT2D eigenvalue weighted by molar-refractivity contribution is 6.31. The molecule has 118 valence electrons. The van der Waals surface area contributed by atoms with Crippen LogP contribution in [0.5, 0.6) is 0 Å². The first-order valence-corrected chi connectivity index (χ1v) is 7.03. The Balaban J connectivity index is 0.00000220. The van der Waals surface area contributed by atoms with E-state index in [9.17, 15) is 9.18 Å². The third-order valence-electron chi connectivity index (χ3n) is 3.55. The lowest BCUT2D eigenvalue weighted by molar-refractivity contribution is -0.137. The van der Waals surface area contributed by atoms with Gasteiger partial charge in [0.1, 0.15) is 5.82 Å². The molecule has 0 aliphatic carbocycles. The molecule has 0 saturated carbocycles. The highest BCUT2D eigenvalue weighted by Crippen LogP contribution is 2.21. The molecule has 1 aromatic rings. The molecule has 4 nitrogen and oxygen atoms in total. The summed E-state index contributed by atoms with van der Waals surface area (Å²) in [5.41, 5.74) is 0.535. The van der Waals surface area contributed by atoms with Gasteiger partial charge in [-0.05, 0) is 12.1 Å². The lowest BCUT2D eigenvalue weighted by atomic mass is 10.2. The van der Waals surface area contributed by atoms with E-state index in [1.54, 1.807) is 12.1 Å². The quantitative estimate of drug-likeness (QED) is 0.897. The van der Waals surface area contributed by atoms with E-state index in [0.717, 1.165) is 26.2 Å². The van der Waals surface area contributed by atoms with Crippen LogP contribution in [-0.4, -0.2) is 53.6 Å². The van der Waals surface area contributed by atoms with Crippen LogP contribution in [-0.2, 0) is 11.3 Å². The first-order chi connectivity index (χ1) is 9.56. The maximum absolute atomic E-state index is 13.7. The molecule has 0 unspecified atom stereocenters. The van der Waals surface area contributed by atoms with Crippen LogP contribution in [0.25, 0.3) is 0 Å². The van der Waals surface area contributed by atoms with Crippen LogP contribution >= 0.6 is 24.0 Å². The zero-order valence-corrected chi connectivity index (χ0v) is 13.2. The van der Waals surface area contributed by atoms with Gasteiger partial charge >= 0.3 is 5.97 Å². The van der Waals surface area contributed by atoms with Crippen molar-refractivity contribution in [2.24, 2.45) is 0 Å². The third-order valence-corrected chi connectivity index (χ3v) is 3.90. The first-order valence-electron chi connectivity index (χ1n) is 6.65. The summed E-state index contributed by atoms with van der Waals surface area (Å²) in [7, 11) is 0. The molecule has 0 amide bonds. The molecular formula is C14H19Cl2FN2O2. The van der Waals surface area contributed by atoms with Crippen molar-refractivity contribution < 1.29 is 14.3 Å². The molecule has 2 rings (SSSR count). The van der Waals surface area contributed by atoms with Gasteiger partial charge in [0, 0.05) is 49.9 Å². The number of benzene rings is 1. The lowest BCUT2D eigenvalue weighted by Crippen LogP contribution is -2.46. The van der Waals surface area contributed by atoms with E-state index in [1.165, 1.54) is 6.07 Å². The van der Waals surface area contributed by atoms with E-state index >= 15 is 0 Å². The number of hydrogen-bond acceptors (Lipinski definition) is 3. The molecule has 0 spiro atoms. The number of nitrogens with zero attached hydrogens (tertiary/aromatic N) is 2. The number of carboxylic acid groups (broad SMARTS) is 1. The molecule has 0 bridgehead atoms. The van der Waals surface area contributed by atoms with Gasteiger partial charge in [0.15, 0.2) is 0 Å². The first kappa shape index (κ1) is 18.2. The molecule has 1 aliphatic rings. The van der Waals surface area contributed by atoms with Gasteiger partial charge in [-0.15, -0.1) is 12.4 Å². The van der Waals surface area contributed by atoms with Gasteiger partial charge in [0.25, 0.3) is 0 Å². The lowest BCUT2D eigenvalue weighted by Gasteiger charge is -2.34. The molecular weight excluding hydrogens is 318 g/mol. The fraction of sp³-hybridized carbons (Fsp3) is 0.500. The normalized spacial score (nSPS) is 16.5. The number of halogens is 3. The van der Waals surface area contributed by atoms with Gasteiger partial charge in [-0.2, -0.15) is 0 Å². The zero-order chi connectivity index (χ0) is 14.5. The Morgan fingerprint density at radius 2 is 1.86 bits per heavy atom. The van der Waals surface area contributed by atoms with Crippen LogP contribution < -0.4 is 0 Å². The van der Waals surface area contributed by atoms with Crippen LogP contribution in [0.4, 0.5) is 4.39 Å². The zero-order valence-electron chi connectivity index (χ0n) is 11.6. The van der Waals surface area contributed by atoms with Gasteiger partial charge in [0.2, 0.25) is 0 Å². The molecule has 1 aromatic carbocycles. The molecule has 1 N–H and O–H groups in total. The van der Waals surface area contributed by atoms with Crippen LogP contribution in [0.15, 0.2) is 18.2 Å². The summed E-state index contributed by atoms with van der Waals surface area (Å²) in [5.74, 6) is -1.05. The SMILES string of the molecule is Cl.O=C(O)CCN1CCN(Cc2c(F)cccc2Cl)CC1. The van der Waals surface area contributed by atoms with Crippen molar-refractivity contribution in [3.63, 3.8) is 0 Å². The summed E-state index contributed by atoms with van der Waals surface area (Å²) in [6.45, 7) is 4.27. The number of piperazine rings is 1. The number of aliphatic carboxylic acids is 1. The van der Waals surface area contributed by atoms with Crippen molar-refractivity contribution in [1.82, 2.24) is 9.80 Å². The Hall–Kier alpha value is -0.880. The molecule has 1 fully saturated rings. The molecule has 0 atom stereocenters. The Labute approximate surface area is 134 Å². The van der Waals surface area contributed by atoms with E-state index in [1.807, 2.05) is 0 Å². The molecule has 0 radical (unpaired) electrons. The number of carboxylic acids is 1. The van der Waals surface area contributed by atoms with Crippen LogP contribution in [0.3, 0.4) is 0 Å². The van der Waals surface area contributed by atoms with Gasteiger partial charge in [-0.3, -0.25) is 9.69 Å². The fourth-order valence-corrected chi connectivity index (χ4v) is 2.55. The predicted octanol–water partition coefficient (Wildman–Crippen LogP) is 2.49. The molecule has 21 heavy (non-hydrogen) atoms. The average Bonchev–Trinajstić information content (AvgIpc) is 2.42. The second kappa shape index (κ2) is 8.54. The fourth-order valence-electron chi connectivity index (χ4n) is 2.33. The monoisotopic (exact) mass is 336 g/mol. The Morgan fingerprint density at radius 1 is 1.24 bits per heavy atom. The van der Waals surface area contributed by atoms with Crippen LogP contribution in [0.2, 0.25) is 5.02 Å². The van der Waals surface area contributed by atoms with E-state index in [-0.39, 0.29) is 24.6 Å². The van der Waals surface area contributed by atoms with Gasteiger partial charge in [-0.25, -0.2) is 4.39 Å². The molecule has 7 heteroatoms. The summed E-state index contributed by atoms with van der Waals surface area (Å²) in [6.07, 6.45) is 0.166. The highest BCUT2D eigenvalue weighted by Gasteiger charge is 2.19. The van der Waals surface area contributed by atoms with E-state index in [0.29, 0.717) is 23.7 Å². The standard InChI is InChI=1S/C14H18ClFN2O2.ClH/c15-12-2-1-3-13(16)11(12)10-18-8-6-17(7-9-18)5-4-14(19)20;/h1-3H,4-10H2,(H,19,20);1H. The van der Waals surface area contributed by atoms with Crippen LogP contribution in [0, 0.1) is 5.82 Å². The summed E-state index contributed by atoms with van der Waals surface area (Å²) < 4.78 is 13.7. The Morgan fingerprint density at radius 3 is 2.43 bits per heavy atom. The number of rotatable bonds is 5. The summed E-state index contributed by atoms with van der Waals surface area (Å²) in [5, 5.41) is 9.12. The number of hydrogen-bond donors (Lipinski definition) is 1. The van der Waals surface area contributed by atoms with E-state index in [2.05, 4.69) is 9.80 Å². The Kier molecular flexibility index (Phi) is 7.39. The third kappa shape index (κ3) is 5.43. The van der Waals surface area contributed by atoms with Gasteiger partial charge in [-0.1, -0.05) is 17.7 Å². The minimum Gasteiger partial charge on any atom is -0.481 e. The maximum atomic E-state index is 13.7. The largest absolute Gasteiger partial charge is 0.481 e.